The van der Waals surface area contributed by atoms with E-state index in [1.807, 2.05) is 0 Å². The fraction of sp³-hybridized carbons (Fsp3) is 0.125. The molecular weight excluding hydrogens is 324 g/mol. The zero-order valence-electron chi connectivity index (χ0n) is 11.9. The summed E-state index contributed by atoms with van der Waals surface area (Å²) in [6.45, 7) is -0.265. The predicted molar refractivity (Wildman–Crippen MR) is 84.3 cm³/mol. The molecule has 0 atom stereocenters. The second-order valence-corrected chi connectivity index (χ2v) is 5.46. The van der Waals surface area contributed by atoms with E-state index in [0.29, 0.717) is 39.9 Å². The lowest BCUT2D eigenvalue weighted by Gasteiger charge is -2.09. The lowest BCUT2D eigenvalue weighted by atomic mass is 10.2. The van der Waals surface area contributed by atoms with Crippen molar-refractivity contribution in [3.63, 3.8) is 0 Å². The Hall–Kier alpha value is -2.41. The third-order valence-electron chi connectivity index (χ3n) is 2.77. The van der Waals surface area contributed by atoms with Gasteiger partial charge in [-0.05, 0) is 36.4 Å². The molecule has 4 nitrogen and oxygen atoms in total. The maximum absolute atomic E-state index is 12.2. The van der Waals surface area contributed by atoms with E-state index in [1.54, 1.807) is 24.3 Å². The number of amides is 1. The Morgan fingerprint density at radius 3 is 2.52 bits per heavy atom. The van der Waals surface area contributed by atoms with Gasteiger partial charge in [-0.2, -0.15) is 8.78 Å². The molecule has 2 aromatic carbocycles. The topological polar surface area (TPSA) is 55.4 Å². The largest absolute Gasteiger partial charge is 0.483 e. The van der Waals surface area contributed by atoms with Crippen molar-refractivity contribution in [2.45, 2.75) is 10.7 Å². The van der Waals surface area contributed by atoms with E-state index in [1.165, 1.54) is 24.3 Å². The monoisotopic (exact) mass is 337 g/mol. The Balaban J connectivity index is 1.88. The van der Waals surface area contributed by atoms with E-state index < -0.39 is 11.7 Å². The van der Waals surface area contributed by atoms with Crippen LogP contribution in [0.5, 0.6) is 5.75 Å². The highest BCUT2D eigenvalue weighted by molar-refractivity contribution is 7.99. The predicted octanol–water partition coefficient (Wildman–Crippen LogP) is 3.83. The molecule has 0 aliphatic carbocycles. The normalized spacial score (nSPS) is 10.4. The van der Waals surface area contributed by atoms with Crippen molar-refractivity contribution in [3.05, 3.63) is 54.1 Å². The van der Waals surface area contributed by atoms with Crippen molar-refractivity contribution in [1.82, 2.24) is 0 Å². The Bertz CT molecular complexity index is 677. The third kappa shape index (κ3) is 5.37. The summed E-state index contributed by atoms with van der Waals surface area (Å²) in [7, 11) is 0. The highest BCUT2D eigenvalue weighted by atomic mass is 32.2. The van der Waals surface area contributed by atoms with E-state index in [4.69, 9.17) is 4.74 Å². The Morgan fingerprint density at radius 1 is 1.17 bits per heavy atom. The van der Waals surface area contributed by atoms with Crippen molar-refractivity contribution in [2.75, 3.05) is 11.9 Å². The van der Waals surface area contributed by atoms with Gasteiger partial charge in [0.1, 0.15) is 5.75 Å². The van der Waals surface area contributed by atoms with Gasteiger partial charge in [0.25, 0.3) is 11.7 Å². The minimum absolute atomic E-state index is 0.265. The van der Waals surface area contributed by atoms with Crippen LogP contribution in [0.15, 0.2) is 53.4 Å². The highest BCUT2D eigenvalue weighted by Gasteiger charge is 2.08. The minimum atomic E-state index is -2.48. The first-order chi connectivity index (χ1) is 11.1. The molecule has 1 amide bonds. The number of nitrogens with one attached hydrogen (secondary N) is 1. The van der Waals surface area contributed by atoms with E-state index in [0.717, 1.165) is 0 Å². The first-order valence-corrected chi connectivity index (χ1v) is 7.48. The van der Waals surface area contributed by atoms with Crippen molar-refractivity contribution >= 4 is 29.6 Å². The van der Waals surface area contributed by atoms with Gasteiger partial charge in [-0.3, -0.25) is 9.59 Å². The molecule has 0 aliphatic rings. The number of thioether (sulfide) groups is 1. The van der Waals surface area contributed by atoms with Crippen LogP contribution in [0.2, 0.25) is 0 Å². The second kappa shape index (κ2) is 8.28. The number of benzene rings is 2. The van der Waals surface area contributed by atoms with Gasteiger partial charge in [-0.1, -0.05) is 23.9 Å². The van der Waals surface area contributed by atoms with Gasteiger partial charge < -0.3 is 10.1 Å². The third-order valence-corrected chi connectivity index (χ3v) is 3.49. The van der Waals surface area contributed by atoms with Gasteiger partial charge in [-0.15, -0.1) is 0 Å². The number of aldehydes is 1. The molecule has 0 saturated carbocycles. The Morgan fingerprint density at radius 2 is 1.87 bits per heavy atom. The second-order valence-electron chi connectivity index (χ2n) is 4.40. The van der Waals surface area contributed by atoms with Crippen LogP contribution in [0, 0.1) is 0 Å². The number of carbonyl (C=O) groups excluding carboxylic acids is 2. The summed E-state index contributed by atoms with van der Waals surface area (Å²) in [6.07, 6.45) is 0.645. The summed E-state index contributed by atoms with van der Waals surface area (Å²) in [5.74, 6) is -2.58. The lowest BCUT2D eigenvalue weighted by Crippen LogP contribution is -2.20. The van der Waals surface area contributed by atoms with Crippen LogP contribution < -0.4 is 10.1 Å². The molecule has 0 aliphatic heterocycles. The standard InChI is InChI=1S/C16H13F2NO3S/c17-16(18)23-13-7-5-12(6-8-13)19-15(21)10-22-14-4-2-1-3-11(14)9-20/h1-9,16H,10H2,(H,19,21). The summed E-state index contributed by atoms with van der Waals surface area (Å²) in [4.78, 5) is 23.0. The number of rotatable bonds is 7. The van der Waals surface area contributed by atoms with Gasteiger partial charge in [0.15, 0.2) is 12.9 Å². The number of hydrogen-bond donors (Lipinski definition) is 1. The van der Waals surface area contributed by atoms with Crippen LogP contribution in [0.3, 0.4) is 0 Å². The van der Waals surface area contributed by atoms with Gasteiger partial charge >= 0.3 is 0 Å². The number of hydrogen-bond acceptors (Lipinski definition) is 4. The molecule has 0 bridgehead atoms. The summed E-state index contributed by atoms with van der Waals surface area (Å²) in [5, 5.41) is 2.58. The molecule has 0 aromatic heterocycles. The van der Waals surface area contributed by atoms with Crippen molar-refractivity contribution in [2.24, 2.45) is 0 Å². The number of halogens is 2. The summed E-state index contributed by atoms with van der Waals surface area (Å²) >= 11 is 0.434. The van der Waals surface area contributed by atoms with Crippen LogP contribution >= 0.6 is 11.8 Å². The molecular formula is C16H13F2NO3S. The van der Waals surface area contributed by atoms with Gasteiger partial charge in [0.2, 0.25) is 0 Å². The van der Waals surface area contributed by atoms with E-state index >= 15 is 0 Å². The van der Waals surface area contributed by atoms with Crippen LogP contribution in [0.4, 0.5) is 14.5 Å². The summed E-state index contributed by atoms with van der Waals surface area (Å²) in [6, 6.07) is 12.6. The molecule has 0 unspecified atom stereocenters. The highest BCUT2D eigenvalue weighted by Crippen LogP contribution is 2.26. The molecule has 0 spiro atoms. The number of anilines is 1. The quantitative estimate of drug-likeness (QED) is 0.616. The zero-order chi connectivity index (χ0) is 16.7. The number of carbonyl (C=O) groups is 2. The number of ether oxygens (including phenoxy) is 1. The van der Waals surface area contributed by atoms with Crippen LogP contribution in [0.25, 0.3) is 0 Å². The van der Waals surface area contributed by atoms with E-state index in [-0.39, 0.29) is 6.61 Å². The number of alkyl halides is 2. The minimum Gasteiger partial charge on any atom is -0.483 e. The molecule has 0 fully saturated rings. The van der Waals surface area contributed by atoms with Gasteiger partial charge in [-0.25, -0.2) is 0 Å². The number of para-hydroxylation sites is 1. The Labute approximate surface area is 135 Å². The average molecular weight is 337 g/mol. The summed E-state index contributed by atoms with van der Waals surface area (Å²) < 4.78 is 29.7. The lowest BCUT2D eigenvalue weighted by molar-refractivity contribution is -0.118. The van der Waals surface area contributed by atoms with Gasteiger partial charge in [0.05, 0.1) is 5.56 Å². The molecule has 1 N–H and O–H groups in total. The van der Waals surface area contributed by atoms with Crippen molar-refractivity contribution in [1.29, 1.82) is 0 Å². The van der Waals surface area contributed by atoms with Crippen LogP contribution in [0.1, 0.15) is 10.4 Å². The molecule has 2 aromatic rings. The van der Waals surface area contributed by atoms with E-state index in [9.17, 15) is 18.4 Å². The zero-order valence-corrected chi connectivity index (χ0v) is 12.7. The molecule has 0 saturated heterocycles. The maximum atomic E-state index is 12.2. The molecule has 23 heavy (non-hydrogen) atoms. The maximum Gasteiger partial charge on any atom is 0.288 e. The van der Waals surface area contributed by atoms with Crippen molar-refractivity contribution < 1.29 is 23.1 Å². The molecule has 7 heteroatoms. The first-order valence-electron chi connectivity index (χ1n) is 6.60. The first kappa shape index (κ1) is 17.0. The molecule has 120 valence electrons. The fourth-order valence-corrected chi connectivity index (χ4v) is 2.27. The van der Waals surface area contributed by atoms with E-state index in [2.05, 4.69) is 5.32 Å². The molecule has 0 heterocycles. The van der Waals surface area contributed by atoms with Crippen molar-refractivity contribution in [3.8, 4) is 5.75 Å². The Kier molecular flexibility index (Phi) is 6.10. The SMILES string of the molecule is O=Cc1ccccc1OCC(=O)Nc1ccc(SC(F)F)cc1. The molecule has 0 radical (unpaired) electrons. The summed E-state index contributed by atoms with van der Waals surface area (Å²) in [5.41, 5.74) is 0.828. The van der Waals surface area contributed by atoms with Gasteiger partial charge in [0, 0.05) is 10.6 Å². The van der Waals surface area contributed by atoms with Crippen LogP contribution in [-0.4, -0.2) is 24.6 Å². The average Bonchev–Trinajstić information content (AvgIpc) is 2.54. The van der Waals surface area contributed by atoms with Crippen LogP contribution in [-0.2, 0) is 4.79 Å². The fourth-order valence-electron chi connectivity index (χ4n) is 1.77. The molecule has 2 rings (SSSR count). The smallest absolute Gasteiger partial charge is 0.288 e.